The molecule has 132 valence electrons. The number of hydrogen-bond acceptors (Lipinski definition) is 6. The third kappa shape index (κ3) is 2.60. The van der Waals surface area contributed by atoms with E-state index >= 15 is 0 Å². The minimum absolute atomic E-state index is 0.394. The zero-order valence-electron chi connectivity index (χ0n) is 14.3. The van der Waals surface area contributed by atoms with Crippen molar-refractivity contribution in [3.05, 3.63) is 41.7 Å². The number of aromatic nitrogens is 4. The van der Waals surface area contributed by atoms with Crippen LogP contribution in [0, 0.1) is 0 Å². The smallest absolute Gasteiger partial charge is 0.248 e. The maximum absolute atomic E-state index is 6.02. The van der Waals surface area contributed by atoms with Gasteiger partial charge in [-0.2, -0.15) is 5.10 Å². The fraction of sp³-hybridized carbons (Fsp3) is 0.278. The number of nitrogens with zero attached hydrogens (tertiary/aromatic N) is 6. The molecule has 1 aromatic carbocycles. The summed E-state index contributed by atoms with van der Waals surface area (Å²) in [6, 6.07) is 9.68. The van der Waals surface area contributed by atoms with Crippen molar-refractivity contribution in [2.75, 3.05) is 38.1 Å². The number of anilines is 1. The molecule has 0 aliphatic carbocycles. The average molecular weight is 369 g/mol. The van der Waals surface area contributed by atoms with Crippen LogP contribution in [-0.4, -0.2) is 57.7 Å². The third-order valence-electron chi connectivity index (χ3n) is 4.79. The monoisotopic (exact) mass is 368 g/mol. The van der Waals surface area contributed by atoms with Gasteiger partial charge in [0.05, 0.1) is 6.20 Å². The zero-order chi connectivity index (χ0) is 17.7. The van der Waals surface area contributed by atoms with Crippen molar-refractivity contribution in [3.63, 3.8) is 0 Å². The van der Waals surface area contributed by atoms with Gasteiger partial charge in [0.1, 0.15) is 16.4 Å². The molecule has 3 aromatic heterocycles. The lowest BCUT2D eigenvalue weighted by Gasteiger charge is -2.33. The normalized spacial score (nSPS) is 16.0. The van der Waals surface area contributed by atoms with Crippen LogP contribution in [0.2, 0.25) is 5.15 Å². The molecule has 0 amide bonds. The van der Waals surface area contributed by atoms with Gasteiger partial charge >= 0.3 is 0 Å². The molecule has 4 heterocycles. The molecular weight excluding hydrogens is 352 g/mol. The molecule has 26 heavy (non-hydrogen) atoms. The standard InChI is InChI=1S/C18H17ClN6O/c1-23-6-8-24(9-7-23)12-2-3-13-15(10-12)26-18(21-13)14-11-20-17-5-4-16(19)22-25(14)17/h2-5,10-11H,6-9H2,1H3. The van der Waals surface area contributed by atoms with Crippen LogP contribution in [0.3, 0.4) is 0 Å². The second-order valence-corrected chi connectivity index (χ2v) is 6.92. The predicted octanol–water partition coefficient (Wildman–Crippen LogP) is 2.94. The number of fused-ring (bicyclic) bond motifs is 2. The van der Waals surface area contributed by atoms with E-state index in [1.807, 2.05) is 12.1 Å². The first-order valence-corrected chi connectivity index (χ1v) is 8.90. The molecule has 0 atom stereocenters. The molecule has 4 aromatic rings. The molecule has 7 nitrogen and oxygen atoms in total. The number of benzene rings is 1. The molecule has 1 fully saturated rings. The highest BCUT2D eigenvalue weighted by atomic mass is 35.5. The summed E-state index contributed by atoms with van der Waals surface area (Å²) in [6.45, 7) is 4.15. The number of likely N-dealkylation sites (N-methyl/N-ethyl adjacent to an activating group) is 1. The topological polar surface area (TPSA) is 62.7 Å². The van der Waals surface area contributed by atoms with Crippen molar-refractivity contribution < 1.29 is 4.42 Å². The van der Waals surface area contributed by atoms with Gasteiger partial charge in [-0.3, -0.25) is 0 Å². The zero-order valence-corrected chi connectivity index (χ0v) is 15.0. The maximum Gasteiger partial charge on any atom is 0.248 e. The lowest BCUT2D eigenvalue weighted by molar-refractivity contribution is 0.313. The van der Waals surface area contributed by atoms with Crippen molar-refractivity contribution in [2.24, 2.45) is 0 Å². The van der Waals surface area contributed by atoms with E-state index in [4.69, 9.17) is 16.0 Å². The van der Waals surface area contributed by atoms with Crippen molar-refractivity contribution in [2.45, 2.75) is 0 Å². The molecule has 0 bridgehead atoms. The molecule has 0 N–H and O–H groups in total. The van der Waals surface area contributed by atoms with Gasteiger partial charge in [0, 0.05) is 37.9 Å². The highest BCUT2D eigenvalue weighted by Gasteiger charge is 2.18. The molecule has 1 saturated heterocycles. The Morgan fingerprint density at radius 2 is 1.92 bits per heavy atom. The second-order valence-electron chi connectivity index (χ2n) is 6.53. The largest absolute Gasteiger partial charge is 0.435 e. The van der Waals surface area contributed by atoms with Gasteiger partial charge in [-0.25, -0.2) is 14.5 Å². The minimum atomic E-state index is 0.394. The second kappa shape index (κ2) is 5.96. The molecule has 0 spiro atoms. The lowest BCUT2D eigenvalue weighted by atomic mass is 10.2. The van der Waals surface area contributed by atoms with Crippen LogP contribution in [0.1, 0.15) is 0 Å². The molecule has 1 aliphatic heterocycles. The Labute approximate surface area is 154 Å². The summed E-state index contributed by atoms with van der Waals surface area (Å²) in [6.07, 6.45) is 1.70. The van der Waals surface area contributed by atoms with E-state index in [-0.39, 0.29) is 0 Å². The van der Waals surface area contributed by atoms with Crippen LogP contribution in [0.25, 0.3) is 28.3 Å². The van der Waals surface area contributed by atoms with Crippen LogP contribution in [0.15, 0.2) is 40.9 Å². The van der Waals surface area contributed by atoms with E-state index in [1.54, 1.807) is 16.8 Å². The number of imidazole rings is 1. The fourth-order valence-electron chi connectivity index (χ4n) is 3.28. The molecular formula is C18H17ClN6O. The van der Waals surface area contributed by atoms with Crippen molar-refractivity contribution in [3.8, 4) is 11.6 Å². The summed E-state index contributed by atoms with van der Waals surface area (Å²) in [5.74, 6) is 0.484. The summed E-state index contributed by atoms with van der Waals surface area (Å²) < 4.78 is 7.67. The summed E-state index contributed by atoms with van der Waals surface area (Å²) in [7, 11) is 2.15. The SMILES string of the molecule is CN1CCN(c2ccc3nc(-c4cnc5ccc(Cl)nn45)oc3c2)CC1. The minimum Gasteiger partial charge on any atom is -0.435 e. The predicted molar refractivity (Wildman–Crippen MR) is 101 cm³/mol. The maximum atomic E-state index is 6.02. The van der Waals surface area contributed by atoms with Crippen LogP contribution in [-0.2, 0) is 0 Å². The van der Waals surface area contributed by atoms with E-state index in [9.17, 15) is 0 Å². The Morgan fingerprint density at radius 3 is 2.77 bits per heavy atom. The van der Waals surface area contributed by atoms with Crippen LogP contribution in [0.5, 0.6) is 0 Å². The Bertz CT molecular complexity index is 1100. The van der Waals surface area contributed by atoms with E-state index in [0.717, 1.165) is 43.0 Å². The van der Waals surface area contributed by atoms with Crippen LogP contribution >= 0.6 is 11.6 Å². The van der Waals surface area contributed by atoms with Gasteiger partial charge in [0.2, 0.25) is 5.89 Å². The quantitative estimate of drug-likeness (QED) is 0.542. The van der Waals surface area contributed by atoms with E-state index < -0.39 is 0 Å². The van der Waals surface area contributed by atoms with Gasteiger partial charge in [0.15, 0.2) is 11.2 Å². The van der Waals surface area contributed by atoms with Crippen molar-refractivity contribution in [1.29, 1.82) is 0 Å². The molecule has 1 aliphatic rings. The Kier molecular flexibility index (Phi) is 3.58. The first-order valence-electron chi connectivity index (χ1n) is 8.52. The molecule has 5 rings (SSSR count). The summed E-state index contributed by atoms with van der Waals surface area (Å²) in [4.78, 5) is 13.6. The first-order chi connectivity index (χ1) is 12.7. The van der Waals surface area contributed by atoms with Crippen LogP contribution < -0.4 is 4.90 Å². The highest BCUT2D eigenvalue weighted by molar-refractivity contribution is 6.29. The Balaban J connectivity index is 1.54. The van der Waals surface area contributed by atoms with Gasteiger partial charge in [-0.05, 0) is 31.3 Å². The number of hydrogen-bond donors (Lipinski definition) is 0. The van der Waals surface area contributed by atoms with E-state index in [2.05, 4.69) is 44.0 Å². The van der Waals surface area contributed by atoms with Gasteiger partial charge < -0.3 is 14.2 Å². The number of rotatable bonds is 2. The number of halogens is 1. The lowest BCUT2D eigenvalue weighted by Crippen LogP contribution is -2.44. The van der Waals surface area contributed by atoms with Gasteiger partial charge in [0.25, 0.3) is 0 Å². The van der Waals surface area contributed by atoms with Crippen molar-refractivity contribution >= 4 is 34.0 Å². The average Bonchev–Trinajstić information content (AvgIpc) is 3.24. The van der Waals surface area contributed by atoms with Crippen molar-refractivity contribution in [1.82, 2.24) is 24.5 Å². The van der Waals surface area contributed by atoms with Crippen LogP contribution in [0.4, 0.5) is 5.69 Å². The Morgan fingerprint density at radius 1 is 1.08 bits per heavy atom. The fourth-order valence-corrected chi connectivity index (χ4v) is 3.42. The number of oxazole rings is 1. The number of piperazine rings is 1. The molecule has 0 unspecified atom stereocenters. The molecule has 0 radical (unpaired) electrons. The third-order valence-corrected chi connectivity index (χ3v) is 4.99. The summed E-state index contributed by atoms with van der Waals surface area (Å²) in [5.41, 5.74) is 4.11. The summed E-state index contributed by atoms with van der Waals surface area (Å²) in [5, 5.41) is 4.68. The molecule has 8 heteroatoms. The highest BCUT2D eigenvalue weighted by Crippen LogP contribution is 2.28. The van der Waals surface area contributed by atoms with Gasteiger partial charge in [-0.1, -0.05) is 11.6 Å². The van der Waals surface area contributed by atoms with Gasteiger partial charge in [-0.15, -0.1) is 0 Å². The Hall–Kier alpha value is -2.64. The molecule has 0 saturated carbocycles. The van der Waals surface area contributed by atoms with E-state index in [0.29, 0.717) is 22.4 Å². The summed E-state index contributed by atoms with van der Waals surface area (Å²) >= 11 is 6.01. The first kappa shape index (κ1) is 15.6. The van der Waals surface area contributed by atoms with E-state index in [1.165, 1.54) is 0 Å².